The third-order valence-electron chi connectivity index (χ3n) is 3.89. The second kappa shape index (κ2) is 7.57. The number of urea groups is 1. The maximum Gasteiger partial charge on any atom is 0.321 e. The molecule has 5 nitrogen and oxygen atoms in total. The number of hydrogen-bond donors (Lipinski definition) is 1. The van der Waals surface area contributed by atoms with E-state index in [4.69, 9.17) is 0 Å². The lowest BCUT2D eigenvalue weighted by Gasteiger charge is -2.34. The van der Waals surface area contributed by atoms with Gasteiger partial charge in [-0.05, 0) is 40.2 Å². The Kier molecular flexibility index (Phi) is 5.25. The maximum absolute atomic E-state index is 12.3. The van der Waals surface area contributed by atoms with Crippen molar-refractivity contribution in [2.24, 2.45) is 0 Å². The molecule has 1 N–H and O–H groups in total. The van der Waals surface area contributed by atoms with E-state index in [0.717, 1.165) is 48.6 Å². The van der Waals surface area contributed by atoms with Crippen LogP contribution in [0.25, 0.3) is 0 Å². The Morgan fingerprint density at radius 3 is 2.52 bits per heavy atom. The number of rotatable bonds is 3. The summed E-state index contributed by atoms with van der Waals surface area (Å²) in [5.74, 6) is 0. The predicted molar refractivity (Wildman–Crippen MR) is 94.2 cm³/mol. The van der Waals surface area contributed by atoms with Crippen LogP contribution in [-0.2, 0) is 6.54 Å². The van der Waals surface area contributed by atoms with E-state index in [-0.39, 0.29) is 6.03 Å². The van der Waals surface area contributed by atoms with Crippen molar-refractivity contribution in [3.8, 4) is 0 Å². The van der Waals surface area contributed by atoms with Crippen LogP contribution in [0.4, 0.5) is 10.5 Å². The SMILES string of the molecule is O=C(Nc1ccccc1Br)N1CCN(Cc2ccccn2)CC1. The number of anilines is 1. The molecule has 0 radical (unpaired) electrons. The fraction of sp³-hybridized carbons (Fsp3) is 0.294. The van der Waals surface area contributed by atoms with Gasteiger partial charge < -0.3 is 10.2 Å². The zero-order valence-electron chi connectivity index (χ0n) is 12.8. The predicted octanol–water partition coefficient (Wildman–Crippen LogP) is 3.19. The van der Waals surface area contributed by atoms with Crippen molar-refractivity contribution in [1.29, 1.82) is 0 Å². The summed E-state index contributed by atoms with van der Waals surface area (Å²) in [5.41, 5.74) is 1.87. The van der Waals surface area contributed by atoms with Gasteiger partial charge in [0, 0.05) is 43.4 Å². The minimum atomic E-state index is -0.0469. The van der Waals surface area contributed by atoms with Gasteiger partial charge in [0.15, 0.2) is 0 Å². The summed E-state index contributed by atoms with van der Waals surface area (Å²) in [7, 11) is 0. The second-order valence-electron chi connectivity index (χ2n) is 5.49. The smallest absolute Gasteiger partial charge is 0.321 e. The van der Waals surface area contributed by atoms with E-state index in [2.05, 4.69) is 31.1 Å². The molecule has 0 bridgehead atoms. The summed E-state index contributed by atoms with van der Waals surface area (Å²) < 4.78 is 0.891. The van der Waals surface area contributed by atoms with Gasteiger partial charge >= 0.3 is 6.03 Å². The van der Waals surface area contributed by atoms with Gasteiger partial charge in [0.1, 0.15) is 0 Å². The van der Waals surface area contributed by atoms with Crippen molar-refractivity contribution in [3.05, 3.63) is 58.8 Å². The lowest BCUT2D eigenvalue weighted by molar-refractivity contribution is 0.142. The molecule has 0 unspecified atom stereocenters. The number of nitrogens with one attached hydrogen (secondary N) is 1. The molecule has 3 rings (SSSR count). The Balaban J connectivity index is 1.50. The molecule has 1 aromatic carbocycles. The lowest BCUT2D eigenvalue weighted by Crippen LogP contribution is -2.49. The third-order valence-corrected chi connectivity index (χ3v) is 4.58. The fourth-order valence-electron chi connectivity index (χ4n) is 2.59. The van der Waals surface area contributed by atoms with Crippen molar-refractivity contribution >= 4 is 27.6 Å². The van der Waals surface area contributed by atoms with Gasteiger partial charge in [-0.1, -0.05) is 18.2 Å². The molecule has 0 saturated carbocycles. The van der Waals surface area contributed by atoms with Crippen LogP contribution < -0.4 is 5.32 Å². The summed E-state index contributed by atoms with van der Waals surface area (Å²) in [4.78, 5) is 20.9. The zero-order chi connectivity index (χ0) is 16.1. The molecule has 6 heteroatoms. The van der Waals surface area contributed by atoms with Gasteiger partial charge in [0.05, 0.1) is 11.4 Å². The number of para-hydroxylation sites is 1. The third kappa shape index (κ3) is 4.30. The highest BCUT2D eigenvalue weighted by Gasteiger charge is 2.21. The Hall–Kier alpha value is -1.92. The van der Waals surface area contributed by atoms with E-state index >= 15 is 0 Å². The van der Waals surface area contributed by atoms with Crippen LogP contribution in [0.2, 0.25) is 0 Å². The average molecular weight is 375 g/mol. The van der Waals surface area contributed by atoms with Gasteiger partial charge in [-0.3, -0.25) is 9.88 Å². The fourth-order valence-corrected chi connectivity index (χ4v) is 2.97. The number of benzene rings is 1. The monoisotopic (exact) mass is 374 g/mol. The summed E-state index contributed by atoms with van der Waals surface area (Å²) >= 11 is 3.45. The summed E-state index contributed by atoms with van der Waals surface area (Å²) in [6.07, 6.45) is 1.82. The molecular formula is C17H19BrN4O. The highest BCUT2D eigenvalue weighted by molar-refractivity contribution is 9.10. The standard InChI is InChI=1S/C17H19BrN4O/c18-15-6-1-2-7-16(15)20-17(23)22-11-9-21(10-12-22)13-14-5-3-4-8-19-14/h1-8H,9-13H2,(H,20,23). The normalized spacial score (nSPS) is 15.4. The van der Waals surface area contributed by atoms with E-state index < -0.39 is 0 Å². The molecule has 0 atom stereocenters. The van der Waals surface area contributed by atoms with E-state index in [9.17, 15) is 4.79 Å². The molecule has 2 amide bonds. The van der Waals surface area contributed by atoms with E-state index in [0.29, 0.717) is 0 Å². The van der Waals surface area contributed by atoms with Gasteiger partial charge in [0.2, 0.25) is 0 Å². The van der Waals surface area contributed by atoms with Crippen LogP contribution in [-0.4, -0.2) is 47.0 Å². The quantitative estimate of drug-likeness (QED) is 0.897. The molecule has 1 saturated heterocycles. The zero-order valence-corrected chi connectivity index (χ0v) is 14.4. The van der Waals surface area contributed by atoms with Crippen LogP contribution in [0.3, 0.4) is 0 Å². The first kappa shape index (κ1) is 16.0. The van der Waals surface area contributed by atoms with Gasteiger partial charge in [-0.2, -0.15) is 0 Å². The molecular weight excluding hydrogens is 356 g/mol. The number of pyridine rings is 1. The molecule has 2 heterocycles. The second-order valence-corrected chi connectivity index (χ2v) is 6.35. The number of amides is 2. The first-order valence-electron chi connectivity index (χ1n) is 7.65. The highest BCUT2D eigenvalue weighted by Crippen LogP contribution is 2.21. The number of piperazine rings is 1. The molecule has 0 aliphatic carbocycles. The van der Waals surface area contributed by atoms with E-state index in [1.165, 1.54) is 0 Å². The van der Waals surface area contributed by atoms with Gasteiger partial charge in [0.25, 0.3) is 0 Å². The molecule has 1 aliphatic rings. The Labute approximate surface area is 144 Å². The molecule has 1 aliphatic heterocycles. The van der Waals surface area contributed by atoms with Gasteiger partial charge in [-0.25, -0.2) is 4.79 Å². The summed E-state index contributed by atoms with van der Waals surface area (Å²) in [6, 6.07) is 13.6. The van der Waals surface area contributed by atoms with E-state index in [1.807, 2.05) is 53.6 Å². The molecule has 23 heavy (non-hydrogen) atoms. The minimum absolute atomic E-state index is 0.0469. The number of carbonyl (C=O) groups is 1. The number of aromatic nitrogens is 1. The average Bonchev–Trinajstić information content (AvgIpc) is 2.58. The summed E-state index contributed by atoms with van der Waals surface area (Å²) in [5, 5.41) is 2.95. The first-order chi connectivity index (χ1) is 11.2. The van der Waals surface area contributed by atoms with Crippen molar-refractivity contribution in [3.63, 3.8) is 0 Å². The number of carbonyl (C=O) groups excluding carboxylic acids is 1. The molecule has 1 aromatic heterocycles. The van der Waals surface area contributed by atoms with Crippen LogP contribution >= 0.6 is 15.9 Å². The van der Waals surface area contributed by atoms with Crippen molar-refractivity contribution < 1.29 is 4.79 Å². The van der Waals surface area contributed by atoms with Crippen LogP contribution in [0, 0.1) is 0 Å². The molecule has 120 valence electrons. The minimum Gasteiger partial charge on any atom is -0.322 e. The Bertz CT molecular complexity index is 657. The number of hydrogen-bond acceptors (Lipinski definition) is 3. The number of halogens is 1. The molecule has 0 spiro atoms. The topological polar surface area (TPSA) is 48.5 Å². The lowest BCUT2D eigenvalue weighted by atomic mass is 10.2. The Morgan fingerprint density at radius 2 is 1.83 bits per heavy atom. The van der Waals surface area contributed by atoms with Crippen LogP contribution in [0.1, 0.15) is 5.69 Å². The largest absolute Gasteiger partial charge is 0.322 e. The van der Waals surface area contributed by atoms with Crippen molar-refractivity contribution in [2.75, 3.05) is 31.5 Å². The highest BCUT2D eigenvalue weighted by atomic mass is 79.9. The number of nitrogens with zero attached hydrogens (tertiary/aromatic N) is 3. The van der Waals surface area contributed by atoms with Crippen molar-refractivity contribution in [1.82, 2.24) is 14.8 Å². The molecule has 2 aromatic rings. The van der Waals surface area contributed by atoms with Crippen LogP contribution in [0.5, 0.6) is 0 Å². The van der Waals surface area contributed by atoms with E-state index in [1.54, 1.807) is 0 Å². The maximum atomic E-state index is 12.3. The first-order valence-corrected chi connectivity index (χ1v) is 8.44. The van der Waals surface area contributed by atoms with Crippen molar-refractivity contribution in [2.45, 2.75) is 6.54 Å². The van der Waals surface area contributed by atoms with Crippen LogP contribution in [0.15, 0.2) is 53.1 Å². The Morgan fingerprint density at radius 1 is 1.09 bits per heavy atom. The van der Waals surface area contributed by atoms with Gasteiger partial charge in [-0.15, -0.1) is 0 Å². The molecule has 1 fully saturated rings. The summed E-state index contributed by atoms with van der Waals surface area (Å²) in [6.45, 7) is 4.01.